The zero-order chi connectivity index (χ0) is 19.4. The number of aryl methyl sites for hydroxylation is 2. The number of anilines is 1. The molecule has 0 spiro atoms. The molecule has 2 N–H and O–H groups in total. The van der Waals surface area contributed by atoms with E-state index in [1.807, 2.05) is 6.92 Å². The van der Waals surface area contributed by atoms with Gasteiger partial charge in [0.2, 0.25) is 5.91 Å². The van der Waals surface area contributed by atoms with E-state index in [2.05, 4.69) is 35.8 Å². The summed E-state index contributed by atoms with van der Waals surface area (Å²) in [6.45, 7) is 5.49. The second-order valence-corrected chi connectivity index (χ2v) is 7.47. The molecule has 1 amide bonds. The largest absolute Gasteiger partial charge is 0.325 e. The number of carbonyl (C=O) groups is 2. The summed E-state index contributed by atoms with van der Waals surface area (Å²) in [7, 11) is 0. The first-order chi connectivity index (χ1) is 12.9. The third-order valence-electron chi connectivity index (χ3n) is 5.32. The highest BCUT2D eigenvalue weighted by Gasteiger charge is 2.18. The lowest BCUT2D eigenvalue weighted by Crippen LogP contribution is -2.39. The van der Waals surface area contributed by atoms with Gasteiger partial charge in [-0.25, -0.2) is 0 Å². The van der Waals surface area contributed by atoms with Crippen LogP contribution in [0.1, 0.15) is 66.7 Å². The third kappa shape index (κ3) is 4.83. The maximum Gasteiger partial charge on any atom is 0.241 e. The van der Waals surface area contributed by atoms with E-state index in [0.717, 1.165) is 6.42 Å². The number of Topliss-reactive ketones (excluding diaryl/α,β-unsaturated/α-hetero) is 1. The standard InChI is InChI=1S/C23H28N2O2/c1-15(20-9-8-19-6-4-5-7-21(19)14-20)24-16(2)23(27)25-22-12-10-18(11-13-22)17(3)26/h8-16,24H,4-7H2,1-3H3,(H,25,27)/t15-,16-/m1/s1. The maximum atomic E-state index is 12.5. The minimum absolute atomic E-state index is 0.0155. The van der Waals surface area contributed by atoms with Gasteiger partial charge in [-0.05, 0) is 87.4 Å². The molecule has 0 fully saturated rings. The van der Waals surface area contributed by atoms with E-state index in [4.69, 9.17) is 0 Å². The van der Waals surface area contributed by atoms with Crippen LogP contribution >= 0.6 is 0 Å². The summed E-state index contributed by atoms with van der Waals surface area (Å²) in [6.07, 6.45) is 4.88. The van der Waals surface area contributed by atoms with Gasteiger partial charge >= 0.3 is 0 Å². The first kappa shape index (κ1) is 19.3. The van der Waals surface area contributed by atoms with Crippen molar-refractivity contribution in [3.63, 3.8) is 0 Å². The van der Waals surface area contributed by atoms with Crippen LogP contribution in [0.15, 0.2) is 42.5 Å². The van der Waals surface area contributed by atoms with Crippen molar-refractivity contribution in [1.82, 2.24) is 5.32 Å². The highest BCUT2D eigenvalue weighted by atomic mass is 16.2. The zero-order valence-corrected chi connectivity index (χ0v) is 16.3. The molecular formula is C23H28N2O2. The van der Waals surface area contributed by atoms with E-state index in [0.29, 0.717) is 11.3 Å². The van der Waals surface area contributed by atoms with Crippen molar-refractivity contribution in [2.75, 3.05) is 5.32 Å². The van der Waals surface area contributed by atoms with Crippen LogP contribution in [0.3, 0.4) is 0 Å². The van der Waals surface area contributed by atoms with Crippen molar-refractivity contribution >= 4 is 17.4 Å². The Labute approximate surface area is 161 Å². The number of carbonyl (C=O) groups excluding carboxylic acids is 2. The van der Waals surface area contributed by atoms with Gasteiger partial charge in [0, 0.05) is 17.3 Å². The van der Waals surface area contributed by atoms with Crippen LogP contribution in [0.25, 0.3) is 0 Å². The number of hydrogen-bond acceptors (Lipinski definition) is 3. The number of ketones is 1. The fourth-order valence-electron chi connectivity index (χ4n) is 3.61. The van der Waals surface area contributed by atoms with Gasteiger partial charge in [-0.1, -0.05) is 18.2 Å². The monoisotopic (exact) mass is 364 g/mol. The smallest absolute Gasteiger partial charge is 0.241 e. The van der Waals surface area contributed by atoms with Crippen molar-refractivity contribution < 1.29 is 9.59 Å². The Morgan fingerprint density at radius 3 is 2.26 bits per heavy atom. The Bertz CT molecular complexity index is 827. The Kier molecular flexibility index (Phi) is 6.07. The number of fused-ring (bicyclic) bond motifs is 1. The van der Waals surface area contributed by atoms with E-state index in [1.165, 1.54) is 42.9 Å². The van der Waals surface area contributed by atoms with Gasteiger partial charge in [-0.2, -0.15) is 0 Å². The summed E-state index contributed by atoms with van der Waals surface area (Å²) >= 11 is 0. The second-order valence-electron chi connectivity index (χ2n) is 7.47. The summed E-state index contributed by atoms with van der Waals surface area (Å²) < 4.78 is 0. The molecule has 0 bridgehead atoms. The van der Waals surface area contributed by atoms with Crippen LogP contribution in [0, 0.1) is 0 Å². The molecule has 142 valence electrons. The van der Waals surface area contributed by atoms with Crippen LogP contribution in [0.4, 0.5) is 5.69 Å². The number of nitrogens with one attached hydrogen (secondary N) is 2. The van der Waals surface area contributed by atoms with Gasteiger partial charge in [0.25, 0.3) is 0 Å². The summed E-state index contributed by atoms with van der Waals surface area (Å²) in [5, 5.41) is 6.29. The van der Waals surface area contributed by atoms with Gasteiger partial charge < -0.3 is 5.32 Å². The SMILES string of the molecule is CC(=O)c1ccc(NC(=O)[C@@H](C)N[C@H](C)c2ccc3c(c2)CCCC3)cc1. The molecular weight excluding hydrogens is 336 g/mol. The lowest BCUT2D eigenvalue weighted by molar-refractivity contribution is -0.117. The Morgan fingerprint density at radius 1 is 0.926 bits per heavy atom. The average molecular weight is 364 g/mol. The molecule has 0 saturated carbocycles. The lowest BCUT2D eigenvalue weighted by atomic mass is 9.89. The van der Waals surface area contributed by atoms with E-state index in [-0.39, 0.29) is 23.8 Å². The van der Waals surface area contributed by atoms with Gasteiger partial charge in [-0.3, -0.25) is 14.9 Å². The van der Waals surface area contributed by atoms with Gasteiger partial charge in [0.1, 0.15) is 0 Å². The van der Waals surface area contributed by atoms with Crippen LogP contribution in [-0.4, -0.2) is 17.7 Å². The molecule has 0 heterocycles. The summed E-state index contributed by atoms with van der Waals surface area (Å²) in [6, 6.07) is 13.4. The number of amides is 1. The molecule has 1 aliphatic carbocycles. The topological polar surface area (TPSA) is 58.2 Å². The van der Waals surface area contributed by atoms with Crippen molar-refractivity contribution in [2.45, 2.75) is 58.5 Å². The third-order valence-corrected chi connectivity index (χ3v) is 5.32. The molecule has 4 nitrogen and oxygen atoms in total. The van der Waals surface area contributed by atoms with E-state index >= 15 is 0 Å². The molecule has 4 heteroatoms. The number of rotatable bonds is 6. The molecule has 27 heavy (non-hydrogen) atoms. The summed E-state index contributed by atoms with van der Waals surface area (Å²) in [5.74, 6) is -0.0721. The minimum atomic E-state index is -0.330. The van der Waals surface area contributed by atoms with Gasteiger partial charge in [0.15, 0.2) is 5.78 Å². The average Bonchev–Trinajstić information content (AvgIpc) is 2.67. The van der Waals surface area contributed by atoms with E-state index in [1.54, 1.807) is 24.3 Å². The Hall–Kier alpha value is -2.46. The molecule has 0 saturated heterocycles. The molecule has 0 unspecified atom stereocenters. The minimum Gasteiger partial charge on any atom is -0.325 e. The highest BCUT2D eigenvalue weighted by molar-refractivity contribution is 5.97. The highest BCUT2D eigenvalue weighted by Crippen LogP contribution is 2.25. The molecule has 0 radical (unpaired) electrons. The Morgan fingerprint density at radius 2 is 1.59 bits per heavy atom. The zero-order valence-electron chi connectivity index (χ0n) is 16.3. The van der Waals surface area contributed by atoms with Crippen molar-refractivity contribution in [2.24, 2.45) is 0 Å². The first-order valence-corrected chi connectivity index (χ1v) is 9.73. The molecule has 0 aromatic heterocycles. The normalized spacial score (nSPS) is 15.5. The molecule has 2 aromatic carbocycles. The predicted octanol–water partition coefficient (Wildman–Crippen LogP) is 4.45. The summed E-state index contributed by atoms with van der Waals surface area (Å²) in [4.78, 5) is 23.8. The van der Waals surface area contributed by atoms with Crippen molar-refractivity contribution in [1.29, 1.82) is 0 Å². The summed E-state index contributed by atoms with van der Waals surface area (Å²) in [5.41, 5.74) is 5.48. The fraction of sp³-hybridized carbons (Fsp3) is 0.391. The Balaban J connectivity index is 1.59. The van der Waals surface area contributed by atoms with Crippen LogP contribution in [0.5, 0.6) is 0 Å². The molecule has 2 atom stereocenters. The van der Waals surface area contributed by atoms with Gasteiger partial charge in [-0.15, -0.1) is 0 Å². The lowest BCUT2D eigenvalue weighted by Gasteiger charge is -2.22. The van der Waals surface area contributed by atoms with Crippen LogP contribution in [0.2, 0.25) is 0 Å². The number of benzene rings is 2. The molecule has 1 aliphatic rings. The predicted molar refractivity (Wildman–Crippen MR) is 109 cm³/mol. The van der Waals surface area contributed by atoms with E-state index < -0.39 is 0 Å². The van der Waals surface area contributed by atoms with Gasteiger partial charge in [0.05, 0.1) is 6.04 Å². The fourth-order valence-corrected chi connectivity index (χ4v) is 3.61. The van der Waals surface area contributed by atoms with E-state index in [9.17, 15) is 9.59 Å². The first-order valence-electron chi connectivity index (χ1n) is 9.73. The second kappa shape index (κ2) is 8.49. The quantitative estimate of drug-likeness (QED) is 0.745. The molecule has 0 aliphatic heterocycles. The molecule has 3 rings (SSSR count). The van der Waals surface area contributed by atoms with Crippen LogP contribution < -0.4 is 10.6 Å². The van der Waals surface area contributed by atoms with Crippen molar-refractivity contribution in [3.05, 3.63) is 64.7 Å². The number of hydrogen-bond donors (Lipinski definition) is 2. The maximum absolute atomic E-state index is 12.5. The van der Waals surface area contributed by atoms with Crippen LogP contribution in [-0.2, 0) is 17.6 Å². The van der Waals surface area contributed by atoms with Crippen molar-refractivity contribution in [3.8, 4) is 0 Å². The molecule has 2 aromatic rings.